The first-order valence-electron chi connectivity index (χ1n) is 10.2. The first-order valence-corrected chi connectivity index (χ1v) is 10.2. The highest BCUT2D eigenvalue weighted by molar-refractivity contribution is 5.99. The van der Waals surface area contributed by atoms with E-state index in [9.17, 15) is 37.1 Å². The van der Waals surface area contributed by atoms with Crippen LogP contribution in [0.15, 0.2) is 34.3 Å². The molecule has 0 aromatic carbocycles. The number of aromatic nitrogens is 1. The lowest BCUT2D eigenvalue weighted by atomic mass is 9.95. The minimum absolute atomic E-state index is 0.170. The van der Waals surface area contributed by atoms with Gasteiger partial charge in [-0.2, -0.15) is 0 Å². The van der Waals surface area contributed by atoms with Crippen LogP contribution < -0.4 is 10.7 Å². The first kappa shape index (κ1) is 22.1. The van der Waals surface area contributed by atoms with Gasteiger partial charge in [0.2, 0.25) is 5.43 Å². The molecule has 1 aliphatic carbocycles. The van der Waals surface area contributed by atoms with E-state index in [2.05, 4.69) is 5.32 Å². The van der Waals surface area contributed by atoms with Gasteiger partial charge in [-0.15, -0.1) is 0 Å². The van der Waals surface area contributed by atoms with Crippen LogP contribution in [0.25, 0.3) is 0 Å². The first-order chi connectivity index (χ1) is 15.2. The second-order valence-electron chi connectivity index (χ2n) is 8.17. The Morgan fingerprint density at radius 1 is 1.28 bits per heavy atom. The Bertz CT molecular complexity index is 1100. The molecule has 2 bridgehead atoms. The molecule has 3 aliphatic rings. The fraction of sp³-hybridized carbons (Fsp3) is 0.476. The molecule has 0 spiro atoms. The number of hydrogen-bond acceptors (Lipinski definition) is 4. The Balaban J connectivity index is 1.68. The van der Waals surface area contributed by atoms with Gasteiger partial charge in [0.15, 0.2) is 11.4 Å². The normalized spacial score (nSPS) is 25.2. The van der Waals surface area contributed by atoms with Crippen molar-refractivity contribution in [1.82, 2.24) is 14.8 Å². The lowest BCUT2D eigenvalue weighted by molar-refractivity contribution is 0.0651. The Hall–Kier alpha value is -3.11. The number of alkyl halides is 2. The number of rotatable bonds is 4. The standard InChI is InChI=1S/C21H21F4N3O4/c22-6-10-2-1-3-27-9-16(10)28-8-13(18(29)19(30)17(28)21(27)32)20(31)26-7-12-14(24)4-11(23)5-15(12)25/h4,8,10,15-16,30H,1-3,5-7,9H2,(H,26,31)/t10-,15?,16?/m0/s1. The summed E-state index contributed by atoms with van der Waals surface area (Å²) in [6.45, 7) is -0.776. The molecule has 1 fully saturated rings. The largest absolute Gasteiger partial charge is 0.503 e. The summed E-state index contributed by atoms with van der Waals surface area (Å²) in [6.07, 6.45) is 0.0125. The van der Waals surface area contributed by atoms with E-state index < -0.39 is 83.6 Å². The molecule has 172 valence electrons. The molecule has 4 rings (SSSR count). The van der Waals surface area contributed by atoms with Crippen LogP contribution in [0.3, 0.4) is 0 Å². The van der Waals surface area contributed by atoms with Crippen LogP contribution in [0, 0.1) is 5.92 Å². The molecule has 3 heterocycles. The molecule has 2 amide bonds. The van der Waals surface area contributed by atoms with Gasteiger partial charge in [-0.3, -0.25) is 18.8 Å². The smallest absolute Gasteiger partial charge is 0.274 e. The SMILES string of the molecule is O=C(NCC1=C(F)C=C(F)CC1F)c1cn2c(c(O)c1=O)C(=O)N1CCC[C@@H](CF)C2C1. The van der Waals surface area contributed by atoms with Gasteiger partial charge in [-0.25, -0.2) is 13.2 Å². The molecule has 1 saturated heterocycles. The van der Waals surface area contributed by atoms with E-state index in [1.807, 2.05) is 0 Å². The maximum Gasteiger partial charge on any atom is 0.274 e. The average molecular weight is 455 g/mol. The van der Waals surface area contributed by atoms with E-state index in [4.69, 9.17) is 0 Å². The van der Waals surface area contributed by atoms with Crippen LogP contribution >= 0.6 is 0 Å². The number of allylic oxidation sites excluding steroid dienone is 3. The second-order valence-corrected chi connectivity index (χ2v) is 8.17. The molecule has 2 unspecified atom stereocenters. The van der Waals surface area contributed by atoms with E-state index in [1.165, 1.54) is 9.47 Å². The predicted octanol–water partition coefficient (Wildman–Crippen LogP) is 2.48. The zero-order valence-corrected chi connectivity index (χ0v) is 16.9. The van der Waals surface area contributed by atoms with Crippen LogP contribution in [-0.4, -0.2) is 58.9 Å². The zero-order valence-electron chi connectivity index (χ0n) is 16.9. The van der Waals surface area contributed by atoms with E-state index in [0.29, 0.717) is 25.5 Å². The average Bonchev–Trinajstić information content (AvgIpc) is 2.93. The molecule has 2 N–H and O–H groups in total. The van der Waals surface area contributed by atoms with Gasteiger partial charge in [0, 0.05) is 49.8 Å². The van der Waals surface area contributed by atoms with Gasteiger partial charge < -0.3 is 19.9 Å². The number of hydrogen-bond donors (Lipinski definition) is 2. The van der Waals surface area contributed by atoms with Crippen LogP contribution in [0.2, 0.25) is 0 Å². The van der Waals surface area contributed by atoms with Crippen molar-refractivity contribution < 1.29 is 32.3 Å². The van der Waals surface area contributed by atoms with Crippen molar-refractivity contribution in [1.29, 1.82) is 0 Å². The van der Waals surface area contributed by atoms with E-state index in [1.54, 1.807) is 0 Å². The van der Waals surface area contributed by atoms with Crippen LogP contribution in [0.1, 0.15) is 46.2 Å². The number of nitrogens with zero attached hydrogens (tertiary/aromatic N) is 2. The Kier molecular flexibility index (Phi) is 5.83. The van der Waals surface area contributed by atoms with Gasteiger partial charge in [-0.1, -0.05) is 0 Å². The summed E-state index contributed by atoms with van der Waals surface area (Å²) in [4.78, 5) is 39.4. The molecule has 2 aliphatic heterocycles. The summed E-state index contributed by atoms with van der Waals surface area (Å²) < 4.78 is 55.9. The number of nitrogens with one attached hydrogen (secondary N) is 1. The van der Waals surface area contributed by atoms with Crippen molar-refractivity contribution in [3.8, 4) is 5.75 Å². The monoisotopic (exact) mass is 455 g/mol. The Morgan fingerprint density at radius 3 is 2.72 bits per heavy atom. The summed E-state index contributed by atoms with van der Waals surface area (Å²) in [5, 5.41) is 12.6. The summed E-state index contributed by atoms with van der Waals surface area (Å²) in [6, 6.07) is -0.588. The summed E-state index contributed by atoms with van der Waals surface area (Å²) >= 11 is 0. The Labute approximate surface area is 180 Å². The van der Waals surface area contributed by atoms with Crippen molar-refractivity contribution in [2.45, 2.75) is 31.5 Å². The molecule has 0 radical (unpaired) electrons. The summed E-state index contributed by atoms with van der Waals surface area (Å²) in [5.41, 5.74) is -2.47. The molecule has 11 heteroatoms. The number of amides is 2. The van der Waals surface area contributed by atoms with Crippen LogP contribution in [0.4, 0.5) is 17.6 Å². The van der Waals surface area contributed by atoms with E-state index in [-0.39, 0.29) is 12.2 Å². The van der Waals surface area contributed by atoms with Crippen molar-refractivity contribution in [2.24, 2.45) is 5.92 Å². The molecule has 1 aromatic rings. The van der Waals surface area contributed by atoms with Crippen LogP contribution in [-0.2, 0) is 0 Å². The van der Waals surface area contributed by atoms with Crippen LogP contribution in [0.5, 0.6) is 5.75 Å². The van der Waals surface area contributed by atoms with Crippen molar-refractivity contribution >= 4 is 11.8 Å². The van der Waals surface area contributed by atoms with Gasteiger partial charge in [0.1, 0.15) is 23.4 Å². The molecule has 7 nitrogen and oxygen atoms in total. The van der Waals surface area contributed by atoms with E-state index in [0.717, 1.165) is 6.20 Å². The molecule has 32 heavy (non-hydrogen) atoms. The third kappa shape index (κ3) is 3.69. The predicted molar refractivity (Wildman–Crippen MR) is 105 cm³/mol. The molecular formula is C21H21F4N3O4. The number of aromatic hydroxyl groups is 1. The van der Waals surface area contributed by atoms with Crippen molar-refractivity contribution in [3.63, 3.8) is 0 Å². The highest BCUT2D eigenvalue weighted by atomic mass is 19.2. The lowest BCUT2D eigenvalue weighted by Crippen LogP contribution is -2.46. The maximum absolute atomic E-state index is 14.0. The fourth-order valence-electron chi connectivity index (χ4n) is 4.49. The minimum atomic E-state index is -1.97. The van der Waals surface area contributed by atoms with E-state index >= 15 is 0 Å². The summed E-state index contributed by atoms with van der Waals surface area (Å²) in [5.74, 6) is -5.17. The van der Waals surface area contributed by atoms with Gasteiger partial charge >= 0.3 is 0 Å². The minimum Gasteiger partial charge on any atom is -0.503 e. The van der Waals surface area contributed by atoms with Gasteiger partial charge in [0.05, 0.1) is 12.7 Å². The third-order valence-corrected chi connectivity index (χ3v) is 6.24. The lowest BCUT2D eigenvalue weighted by Gasteiger charge is -2.36. The number of carbonyl (C=O) groups is 2. The quantitative estimate of drug-likeness (QED) is 0.683. The van der Waals surface area contributed by atoms with Crippen molar-refractivity contribution in [3.05, 3.63) is 51.0 Å². The topological polar surface area (TPSA) is 91.6 Å². The zero-order chi connectivity index (χ0) is 23.2. The molecule has 1 aromatic heterocycles. The number of carbonyl (C=O) groups excluding carboxylic acids is 2. The van der Waals surface area contributed by atoms with Gasteiger partial charge in [0.25, 0.3) is 11.8 Å². The maximum atomic E-state index is 14.0. The number of fused-ring (bicyclic) bond motifs is 4. The molecule has 0 saturated carbocycles. The highest BCUT2D eigenvalue weighted by Crippen LogP contribution is 2.35. The number of pyridine rings is 1. The van der Waals surface area contributed by atoms with Crippen molar-refractivity contribution in [2.75, 3.05) is 26.3 Å². The third-order valence-electron chi connectivity index (χ3n) is 6.24. The molecule has 3 atom stereocenters. The fourth-order valence-corrected chi connectivity index (χ4v) is 4.49. The Morgan fingerprint density at radius 2 is 2.03 bits per heavy atom. The second kappa shape index (κ2) is 8.44. The molecular weight excluding hydrogens is 434 g/mol. The highest BCUT2D eigenvalue weighted by Gasteiger charge is 2.40. The van der Waals surface area contributed by atoms with Gasteiger partial charge in [-0.05, 0) is 12.8 Å². The summed E-state index contributed by atoms with van der Waals surface area (Å²) in [7, 11) is 0. The number of halogens is 4.